The average molecular weight is 963 g/mol. The molecule has 0 bridgehead atoms. The van der Waals surface area contributed by atoms with Gasteiger partial charge in [0, 0.05) is 39.3 Å². The Morgan fingerprint density at radius 2 is 0.767 bits per heavy atom. The van der Waals surface area contributed by atoms with Gasteiger partial charge in [0.1, 0.15) is 5.58 Å². The first kappa shape index (κ1) is 50.3. The van der Waals surface area contributed by atoms with E-state index in [0.717, 1.165) is 28.5 Å². The lowest BCUT2D eigenvalue weighted by atomic mass is 9.33. The third kappa shape index (κ3) is 9.06. The first-order chi connectivity index (χ1) is 33.9. The molecule has 3 nitrogen and oxygen atoms in total. The van der Waals surface area contributed by atoms with Crippen LogP contribution in [0.4, 0.5) is 34.3 Å². The van der Waals surface area contributed by atoms with Crippen LogP contribution in [0.2, 0.25) is 0 Å². The number of aryl methyl sites for hydroxylation is 1. The molecule has 0 radical (unpaired) electrons. The maximum Gasteiger partial charge on any atom is 0.257 e. The van der Waals surface area contributed by atoms with Crippen molar-refractivity contribution in [2.24, 2.45) is 0 Å². The fourth-order valence-corrected chi connectivity index (χ4v) is 11.1. The number of rotatable bonds is 4. The number of hydrogen-bond donors (Lipinski definition) is 0. The molecule has 0 unspecified atom stereocenters. The lowest BCUT2D eigenvalue weighted by molar-refractivity contribution is 0.568. The number of nitrogens with zero attached hydrogens (tertiary/aromatic N) is 2. The van der Waals surface area contributed by atoms with Crippen LogP contribution in [0.3, 0.4) is 0 Å². The lowest BCUT2D eigenvalue weighted by Crippen LogP contribution is -2.61. The van der Waals surface area contributed by atoms with E-state index in [4.69, 9.17) is 4.42 Å². The van der Waals surface area contributed by atoms with Gasteiger partial charge in [0.25, 0.3) is 6.71 Å². The highest BCUT2D eigenvalue weighted by Crippen LogP contribution is 2.48. The summed E-state index contributed by atoms with van der Waals surface area (Å²) in [6, 6.07) is 52.2. The van der Waals surface area contributed by atoms with Gasteiger partial charge in [-0.3, -0.25) is 4.90 Å². The molecule has 4 heteroatoms. The van der Waals surface area contributed by atoms with Crippen molar-refractivity contribution < 1.29 is 4.42 Å². The molecule has 0 aliphatic carbocycles. The second kappa shape index (κ2) is 16.9. The summed E-state index contributed by atoms with van der Waals surface area (Å²) in [7, 11) is 0. The van der Waals surface area contributed by atoms with Crippen molar-refractivity contribution in [3.8, 4) is 22.3 Å². The quantitative estimate of drug-likeness (QED) is 0.164. The molecule has 0 N–H and O–H groups in total. The summed E-state index contributed by atoms with van der Waals surface area (Å²) in [5, 5.41) is 1.17. The van der Waals surface area contributed by atoms with Gasteiger partial charge in [0.05, 0.1) is 0 Å². The van der Waals surface area contributed by atoms with Crippen LogP contribution in [-0.2, 0) is 32.5 Å². The van der Waals surface area contributed by atoms with E-state index in [2.05, 4.69) is 275 Å². The molecule has 0 spiro atoms. The number of benzene rings is 7. The van der Waals surface area contributed by atoms with Gasteiger partial charge in [-0.2, -0.15) is 0 Å². The highest BCUT2D eigenvalue weighted by atomic mass is 16.4. The van der Waals surface area contributed by atoms with Gasteiger partial charge in [0.2, 0.25) is 5.88 Å². The van der Waals surface area contributed by atoms with Crippen molar-refractivity contribution in [3.05, 3.63) is 172 Å². The smallest absolute Gasteiger partial charge is 0.257 e. The first-order valence-electron chi connectivity index (χ1n) is 26.9. The van der Waals surface area contributed by atoms with E-state index in [1.165, 1.54) is 94.3 Å². The standard InChI is InChI=1S/C69H79BN2O/c1-42-32-58-62-59(33-42)72(54-28-23-47(24-29-54)64(2,3)4)63-61(55-41-48(65(5,6)7)25-31-60(55)73-63)70(62)56-38-44(46-36-51(68(14,15)16)40-52(37-46)69(17,18)19)22-30-57(56)71(58)53-26-20-43(21-27-53)45-34-49(66(8,9)10)39-50(35-45)67(11,12)13/h20-41H,1-19H3. The summed E-state index contributed by atoms with van der Waals surface area (Å²) in [4.78, 5) is 4.98. The topological polar surface area (TPSA) is 19.6 Å². The number of anilines is 6. The summed E-state index contributed by atoms with van der Waals surface area (Å²) in [6.07, 6.45) is 0. The fraction of sp³-hybridized carbons (Fsp3) is 0.362. The monoisotopic (exact) mass is 963 g/mol. The van der Waals surface area contributed by atoms with Crippen LogP contribution in [0.1, 0.15) is 164 Å². The first-order valence-corrected chi connectivity index (χ1v) is 26.9. The van der Waals surface area contributed by atoms with Crippen LogP contribution in [-0.4, -0.2) is 6.71 Å². The van der Waals surface area contributed by atoms with Gasteiger partial charge in [-0.05, 0) is 166 Å². The molecule has 8 aromatic rings. The average Bonchev–Trinajstić information content (AvgIpc) is 3.68. The molecule has 73 heavy (non-hydrogen) atoms. The predicted octanol–water partition coefficient (Wildman–Crippen LogP) is 17.9. The summed E-state index contributed by atoms with van der Waals surface area (Å²) < 4.78 is 7.29. The van der Waals surface area contributed by atoms with E-state index in [1.54, 1.807) is 0 Å². The largest absolute Gasteiger partial charge is 0.440 e. The summed E-state index contributed by atoms with van der Waals surface area (Å²) in [6.45, 7) is 43.9. The van der Waals surface area contributed by atoms with Crippen LogP contribution >= 0.6 is 0 Å². The lowest BCUT2D eigenvalue weighted by Gasteiger charge is -2.43. The van der Waals surface area contributed by atoms with Gasteiger partial charge in [0.15, 0.2) is 0 Å². The molecule has 0 saturated carbocycles. The van der Waals surface area contributed by atoms with E-state index in [0.29, 0.717) is 0 Å². The SMILES string of the molecule is Cc1cc2c3c(c1)N(c1ccc(C(C)(C)C)cc1)c1oc4ccc(C(C)(C)C)cc4c1B3c1cc(-c3cc(C(C)(C)C)cc(C(C)(C)C)c3)ccc1N2c1ccc(-c2cc(C(C)(C)C)cc(C(C)(C)C)c2)cc1. The van der Waals surface area contributed by atoms with E-state index in [-0.39, 0.29) is 39.2 Å². The molecule has 3 heterocycles. The van der Waals surface area contributed by atoms with Crippen LogP contribution < -0.4 is 26.2 Å². The molecular formula is C69H79BN2O. The van der Waals surface area contributed by atoms with Crippen LogP contribution in [0.5, 0.6) is 0 Å². The number of furan rings is 1. The minimum atomic E-state index is -0.114. The molecular weight excluding hydrogens is 884 g/mol. The maximum atomic E-state index is 7.29. The van der Waals surface area contributed by atoms with E-state index in [9.17, 15) is 0 Å². The van der Waals surface area contributed by atoms with Crippen molar-refractivity contribution in [2.45, 2.75) is 164 Å². The Morgan fingerprint density at radius 1 is 0.342 bits per heavy atom. The normalized spacial score (nSPS) is 14.2. The zero-order valence-electron chi connectivity index (χ0n) is 47.6. The van der Waals surface area contributed by atoms with Gasteiger partial charge < -0.3 is 9.32 Å². The highest BCUT2D eigenvalue weighted by Gasteiger charge is 2.47. The molecule has 10 rings (SSSR count). The molecule has 1 aromatic heterocycles. The third-order valence-corrected chi connectivity index (χ3v) is 15.8. The van der Waals surface area contributed by atoms with Gasteiger partial charge >= 0.3 is 0 Å². The number of hydrogen-bond acceptors (Lipinski definition) is 3. The number of fused-ring (bicyclic) bond motifs is 6. The Bertz CT molecular complexity index is 3390. The molecule has 0 amide bonds. The second-order valence-electron chi connectivity index (χ2n) is 27.8. The Labute approximate surface area is 439 Å². The molecule has 2 aliphatic rings. The summed E-state index contributed by atoms with van der Waals surface area (Å²) >= 11 is 0. The molecule has 2 aliphatic heterocycles. The van der Waals surface area contributed by atoms with E-state index >= 15 is 0 Å². The van der Waals surface area contributed by atoms with Crippen LogP contribution in [0, 0.1) is 6.92 Å². The maximum absolute atomic E-state index is 7.29. The van der Waals surface area contributed by atoms with E-state index < -0.39 is 0 Å². The van der Waals surface area contributed by atoms with Gasteiger partial charge in [-0.25, -0.2) is 0 Å². The van der Waals surface area contributed by atoms with E-state index in [1.807, 2.05) is 0 Å². The Kier molecular flexibility index (Phi) is 11.6. The van der Waals surface area contributed by atoms with Crippen molar-refractivity contribution in [3.63, 3.8) is 0 Å². The third-order valence-electron chi connectivity index (χ3n) is 15.8. The minimum Gasteiger partial charge on any atom is -0.440 e. The fourth-order valence-electron chi connectivity index (χ4n) is 11.1. The van der Waals surface area contributed by atoms with Crippen LogP contribution in [0.25, 0.3) is 33.2 Å². The molecule has 0 saturated heterocycles. The van der Waals surface area contributed by atoms with Crippen molar-refractivity contribution >= 4 is 68.4 Å². The molecule has 374 valence electrons. The Hall–Kier alpha value is -6.26. The molecule has 7 aromatic carbocycles. The minimum absolute atomic E-state index is 0.0175. The van der Waals surface area contributed by atoms with Crippen LogP contribution in [0.15, 0.2) is 138 Å². The van der Waals surface area contributed by atoms with Gasteiger partial charge in [-0.15, -0.1) is 0 Å². The van der Waals surface area contributed by atoms with Crippen molar-refractivity contribution in [1.29, 1.82) is 0 Å². The van der Waals surface area contributed by atoms with Crippen molar-refractivity contribution in [2.75, 3.05) is 9.80 Å². The Morgan fingerprint density at radius 3 is 1.26 bits per heavy atom. The molecule has 0 fully saturated rings. The molecule has 0 atom stereocenters. The Balaban J connectivity index is 1.27. The highest BCUT2D eigenvalue weighted by molar-refractivity contribution is 7.01. The predicted molar refractivity (Wildman–Crippen MR) is 318 cm³/mol. The van der Waals surface area contributed by atoms with Gasteiger partial charge in [-0.1, -0.05) is 203 Å². The zero-order chi connectivity index (χ0) is 52.7. The van der Waals surface area contributed by atoms with Crippen molar-refractivity contribution in [1.82, 2.24) is 0 Å². The summed E-state index contributed by atoms with van der Waals surface area (Å²) in [5.74, 6) is 0.893. The zero-order valence-corrected chi connectivity index (χ0v) is 47.6. The summed E-state index contributed by atoms with van der Waals surface area (Å²) in [5.41, 5.74) is 24.6. The second-order valence-corrected chi connectivity index (χ2v) is 27.8.